The average Bonchev–Trinajstić information content (AvgIpc) is 2.22. The maximum Gasteiger partial charge on any atom is 0.102 e. The molecule has 1 heterocycles. The lowest BCUT2D eigenvalue weighted by molar-refractivity contribution is -0.189. The van der Waals surface area contributed by atoms with E-state index in [2.05, 4.69) is 0 Å². The van der Waals surface area contributed by atoms with E-state index in [0.29, 0.717) is 0 Å². The van der Waals surface area contributed by atoms with Crippen molar-refractivity contribution in [1.29, 1.82) is 0 Å². The first-order chi connectivity index (χ1) is 7.00. The van der Waals surface area contributed by atoms with Gasteiger partial charge in [-0.1, -0.05) is 49.3 Å². The Kier molecular flexibility index (Phi) is 9.20. The molecule has 0 radical (unpaired) electrons. The monoisotopic (exact) mass is 236 g/mol. The van der Waals surface area contributed by atoms with Crippen molar-refractivity contribution in [2.45, 2.75) is 51.4 Å². The molecular weight excluding hydrogens is 216 g/mol. The van der Waals surface area contributed by atoms with Gasteiger partial charge in [-0.25, -0.2) is 4.89 Å². The van der Waals surface area contributed by atoms with Crippen molar-refractivity contribution in [3.05, 3.63) is 0 Å². The smallest absolute Gasteiger partial charge is 0.102 e. The molecule has 0 unspecified atom stereocenters. The maximum atomic E-state index is 5.02. The standard InChI is InChI=1S/C10H20O2S2/c1-2-4-6-8-10-13-14-12-11-9-7-5-3-1/h1-10H2. The summed E-state index contributed by atoms with van der Waals surface area (Å²) < 4.78 is 4.96. The Bertz CT molecular complexity index is 69.4. The van der Waals surface area contributed by atoms with E-state index in [1.807, 2.05) is 0 Å². The molecule has 2 nitrogen and oxygen atoms in total. The van der Waals surface area contributed by atoms with Crippen LogP contribution >= 0.6 is 21.9 Å². The second kappa shape index (κ2) is 10.1. The molecule has 1 rings (SSSR count). The zero-order valence-corrected chi connectivity index (χ0v) is 10.3. The van der Waals surface area contributed by atoms with Gasteiger partial charge in [0, 0.05) is 5.75 Å². The van der Waals surface area contributed by atoms with Crippen LogP contribution in [0.4, 0.5) is 0 Å². The fourth-order valence-corrected chi connectivity index (χ4v) is 2.82. The largest absolute Gasteiger partial charge is 0.224 e. The summed E-state index contributed by atoms with van der Waals surface area (Å²) >= 11 is 1.37. The zero-order chi connectivity index (χ0) is 9.90. The second-order valence-corrected chi connectivity index (χ2v) is 5.64. The molecule has 0 aromatic carbocycles. The van der Waals surface area contributed by atoms with Crippen LogP contribution in [-0.4, -0.2) is 12.4 Å². The molecule has 1 aliphatic rings. The highest BCUT2D eigenvalue weighted by Gasteiger charge is 1.97. The minimum atomic E-state index is 0.744. The molecule has 0 saturated carbocycles. The third-order valence-electron chi connectivity index (χ3n) is 2.33. The Balaban J connectivity index is 2.00. The van der Waals surface area contributed by atoms with E-state index in [1.165, 1.54) is 61.8 Å². The van der Waals surface area contributed by atoms with Gasteiger partial charge in [0.05, 0.1) is 6.61 Å². The van der Waals surface area contributed by atoms with Crippen molar-refractivity contribution in [3.8, 4) is 0 Å². The van der Waals surface area contributed by atoms with Gasteiger partial charge in [0.1, 0.15) is 11.1 Å². The SMILES string of the molecule is C1CCCCCSSOOCCCC1. The molecule has 1 saturated heterocycles. The van der Waals surface area contributed by atoms with E-state index < -0.39 is 0 Å². The minimum absolute atomic E-state index is 0.744. The highest BCUT2D eigenvalue weighted by atomic mass is 33.1. The quantitative estimate of drug-likeness (QED) is 0.353. The zero-order valence-electron chi connectivity index (χ0n) is 8.70. The number of hydrogen-bond donors (Lipinski definition) is 0. The van der Waals surface area contributed by atoms with Crippen LogP contribution in [0.1, 0.15) is 51.4 Å². The molecule has 1 fully saturated rings. The molecule has 0 amide bonds. The van der Waals surface area contributed by atoms with Gasteiger partial charge in [-0.2, -0.15) is 4.33 Å². The normalized spacial score (nSPS) is 24.0. The van der Waals surface area contributed by atoms with Crippen LogP contribution in [0.2, 0.25) is 0 Å². The van der Waals surface area contributed by atoms with Gasteiger partial charge in [0.15, 0.2) is 0 Å². The van der Waals surface area contributed by atoms with Crippen LogP contribution in [0.25, 0.3) is 0 Å². The van der Waals surface area contributed by atoms with Crippen LogP contribution < -0.4 is 0 Å². The molecule has 0 spiro atoms. The van der Waals surface area contributed by atoms with Crippen molar-refractivity contribution in [3.63, 3.8) is 0 Å². The predicted octanol–water partition coefficient (Wildman–Crippen LogP) is 4.37. The van der Waals surface area contributed by atoms with Crippen LogP contribution in [-0.2, 0) is 9.22 Å². The molecule has 1 aliphatic heterocycles. The molecule has 0 atom stereocenters. The third kappa shape index (κ3) is 7.97. The van der Waals surface area contributed by atoms with E-state index in [1.54, 1.807) is 10.8 Å². The van der Waals surface area contributed by atoms with E-state index >= 15 is 0 Å². The van der Waals surface area contributed by atoms with Crippen LogP contribution in [0, 0.1) is 0 Å². The molecule has 84 valence electrons. The van der Waals surface area contributed by atoms with E-state index in [-0.39, 0.29) is 0 Å². The van der Waals surface area contributed by atoms with Crippen molar-refractivity contribution < 1.29 is 9.22 Å². The highest BCUT2D eigenvalue weighted by Crippen LogP contribution is 2.24. The van der Waals surface area contributed by atoms with Gasteiger partial charge < -0.3 is 0 Å². The molecule has 0 aromatic rings. The summed E-state index contributed by atoms with van der Waals surface area (Å²) in [7, 11) is 1.75. The lowest BCUT2D eigenvalue weighted by Gasteiger charge is -2.05. The molecule has 0 bridgehead atoms. The van der Waals surface area contributed by atoms with Crippen molar-refractivity contribution in [2.24, 2.45) is 0 Å². The van der Waals surface area contributed by atoms with Crippen LogP contribution in [0.15, 0.2) is 0 Å². The molecule has 14 heavy (non-hydrogen) atoms. The van der Waals surface area contributed by atoms with Gasteiger partial charge >= 0.3 is 0 Å². The van der Waals surface area contributed by atoms with Crippen LogP contribution in [0.5, 0.6) is 0 Å². The van der Waals surface area contributed by atoms with Crippen molar-refractivity contribution in [1.82, 2.24) is 0 Å². The molecule has 0 N–H and O–H groups in total. The molecular formula is C10H20O2S2. The van der Waals surface area contributed by atoms with Crippen molar-refractivity contribution in [2.75, 3.05) is 12.4 Å². The van der Waals surface area contributed by atoms with Gasteiger partial charge in [0.25, 0.3) is 0 Å². The summed E-state index contributed by atoms with van der Waals surface area (Å²) in [5, 5.41) is 0. The van der Waals surface area contributed by atoms with Gasteiger partial charge in [-0.15, -0.1) is 0 Å². The Morgan fingerprint density at radius 3 is 2.14 bits per heavy atom. The Labute approximate surface area is 95.0 Å². The Morgan fingerprint density at radius 2 is 1.36 bits per heavy atom. The lowest BCUT2D eigenvalue weighted by Crippen LogP contribution is -1.92. The van der Waals surface area contributed by atoms with E-state index in [0.717, 1.165) is 13.0 Å². The summed E-state index contributed by atoms with van der Waals surface area (Å²) in [5.74, 6) is 1.17. The summed E-state index contributed by atoms with van der Waals surface area (Å²) in [4.78, 5) is 5.02. The summed E-state index contributed by atoms with van der Waals surface area (Å²) in [6.07, 6.45) is 10.6. The molecule has 0 aliphatic carbocycles. The predicted molar refractivity (Wildman–Crippen MR) is 64.0 cm³/mol. The topological polar surface area (TPSA) is 18.5 Å². The summed E-state index contributed by atoms with van der Waals surface area (Å²) in [6, 6.07) is 0. The number of hydrogen-bond acceptors (Lipinski definition) is 4. The van der Waals surface area contributed by atoms with Gasteiger partial charge in [-0.3, -0.25) is 0 Å². The fraction of sp³-hybridized carbons (Fsp3) is 1.00. The average molecular weight is 236 g/mol. The lowest BCUT2D eigenvalue weighted by atomic mass is 10.1. The highest BCUT2D eigenvalue weighted by molar-refractivity contribution is 8.74. The first-order valence-electron chi connectivity index (χ1n) is 5.58. The van der Waals surface area contributed by atoms with E-state index in [9.17, 15) is 0 Å². The second-order valence-electron chi connectivity index (χ2n) is 3.61. The molecule has 0 aromatic heterocycles. The van der Waals surface area contributed by atoms with Crippen LogP contribution in [0.3, 0.4) is 0 Å². The molecule has 4 heteroatoms. The Morgan fingerprint density at radius 1 is 0.714 bits per heavy atom. The minimum Gasteiger partial charge on any atom is -0.224 e. The first-order valence-corrected chi connectivity index (χ1v) is 7.82. The van der Waals surface area contributed by atoms with Gasteiger partial charge in [-0.05, 0) is 12.8 Å². The third-order valence-corrected chi connectivity index (χ3v) is 3.99. The van der Waals surface area contributed by atoms with Crippen molar-refractivity contribution >= 4 is 21.9 Å². The fourth-order valence-electron chi connectivity index (χ4n) is 1.49. The van der Waals surface area contributed by atoms with E-state index in [4.69, 9.17) is 9.22 Å². The first kappa shape index (κ1) is 12.7. The summed E-state index contributed by atoms with van der Waals surface area (Å²) in [5.41, 5.74) is 0. The number of rotatable bonds is 0. The summed E-state index contributed by atoms with van der Waals surface area (Å²) in [6.45, 7) is 0.744. The maximum absolute atomic E-state index is 5.02. The Hall–Kier alpha value is 0.620. The van der Waals surface area contributed by atoms with Gasteiger partial charge in [0.2, 0.25) is 0 Å².